The lowest BCUT2D eigenvalue weighted by atomic mass is 9.84. The van der Waals surface area contributed by atoms with Crippen LogP contribution in [0.3, 0.4) is 0 Å². The van der Waals surface area contributed by atoms with Crippen LogP contribution in [0.1, 0.15) is 25.7 Å². The highest BCUT2D eigenvalue weighted by molar-refractivity contribution is 5.85. The second kappa shape index (κ2) is 8.54. The van der Waals surface area contributed by atoms with E-state index < -0.39 is 0 Å². The standard InChI is InChI=1S/C19H31N7O/c1-20-17(23-15-19(7-4-5-8-19)16(27)24(2)3)25-11-13-26(14-12-25)18-21-9-6-10-22-18/h6,9-10H,4-5,7-8,11-15H2,1-3H3,(H,20,23). The van der Waals surface area contributed by atoms with Crippen LogP contribution in [0.4, 0.5) is 5.95 Å². The van der Waals surface area contributed by atoms with Crippen LogP contribution in [0.15, 0.2) is 23.5 Å². The summed E-state index contributed by atoms with van der Waals surface area (Å²) in [6, 6.07) is 1.83. The van der Waals surface area contributed by atoms with Crippen LogP contribution >= 0.6 is 0 Å². The molecule has 0 atom stereocenters. The summed E-state index contributed by atoms with van der Waals surface area (Å²) in [5.41, 5.74) is -0.293. The second-order valence-electron chi connectivity index (χ2n) is 7.61. The van der Waals surface area contributed by atoms with Crippen molar-refractivity contribution in [2.75, 3.05) is 58.8 Å². The molecular formula is C19H31N7O. The lowest BCUT2D eigenvalue weighted by Gasteiger charge is -2.38. The van der Waals surface area contributed by atoms with Gasteiger partial charge in [-0.2, -0.15) is 0 Å². The first kappa shape index (κ1) is 19.4. The third-order valence-corrected chi connectivity index (χ3v) is 5.63. The Bertz CT molecular complexity index is 647. The molecular weight excluding hydrogens is 342 g/mol. The van der Waals surface area contributed by atoms with Crippen molar-refractivity contribution in [3.63, 3.8) is 0 Å². The maximum Gasteiger partial charge on any atom is 0.230 e. The molecule has 0 aromatic carbocycles. The van der Waals surface area contributed by atoms with E-state index in [1.807, 2.05) is 27.2 Å². The highest BCUT2D eigenvalue weighted by atomic mass is 16.2. The van der Waals surface area contributed by atoms with Gasteiger partial charge in [-0.25, -0.2) is 9.97 Å². The number of carbonyl (C=O) groups is 1. The zero-order valence-corrected chi connectivity index (χ0v) is 16.7. The van der Waals surface area contributed by atoms with E-state index in [2.05, 4.69) is 30.1 Å². The van der Waals surface area contributed by atoms with Crippen molar-refractivity contribution in [3.05, 3.63) is 18.5 Å². The summed E-state index contributed by atoms with van der Waals surface area (Å²) in [4.78, 5) is 32.1. The van der Waals surface area contributed by atoms with Crippen LogP contribution in [0.25, 0.3) is 0 Å². The number of nitrogens with zero attached hydrogens (tertiary/aromatic N) is 6. The first-order valence-electron chi connectivity index (χ1n) is 9.75. The van der Waals surface area contributed by atoms with Crippen molar-refractivity contribution < 1.29 is 4.79 Å². The number of aliphatic imine (C=N–C) groups is 1. The van der Waals surface area contributed by atoms with Crippen molar-refractivity contribution in [3.8, 4) is 0 Å². The first-order valence-corrected chi connectivity index (χ1v) is 9.75. The van der Waals surface area contributed by atoms with Crippen molar-refractivity contribution >= 4 is 17.8 Å². The van der Waals surface area contributed by atoms with E-state index in [4.69, 9.17) is 0 Å². The number of aromatic nitrogens is 2. The number of anilines is 1. The molecule has 1 aromatic rings. The smallest absolute Gasteiger partial charge is 0.230 e. The zero-order valence-electron chi connectivity index (χ0n) is 16.7. The molecule has 0 spiro atoms. The van der Waals surface area contributed by atoms with Crippen LogP contribution in [-0.2, 0) is 4.79 Å². The van der Waals surface area contributed by atoms with Gasteiger partial charge in [0.05, 0.1) is 5.41 Å². The molecule has 27 heavy (non-hydrogen) atoms. The molecule has 1 amide bonds. The molecule has 2 aliphatic rings. The minimum atomic E-state index is -0.293. The van der Waals surface area contributed by atoms with Crippen molar-refractivity contribution in [2.24, 2.45) is 10.4 Å². The van der Waals surface area contributed by atoms with Crippen LogP contribution in [0.2, 0.25) is 0 Å². The third kappa shape index (κ3) is 4.31. The number of nitrogens with one attached hydrogen (secondary N) is 1. The van der Waals surface area contributed by atoms with E-state index in [0.29, 0.717) is 6.54 Å². The van der Waals surface area contributed by atoms with Crippen LogP contribution in [0.5, 0.6) is 0 Å². The van der Waals surface area contributed by atoms with Gasteiger partial charge in [-0.1, -0.05) is 12.8 Å². The molecule has 1 N–H and O–H groups in total. The first-order chi connectivity index (χ1) is 13.1. The van der Waals surface area contributed by atoms with Crippen molar-refractivity contribution in [1.29, 1.82) is 0 Å². The van der Waals surface area contributed by atoms with E-state index in [-0.39, 0.29) is 11.3 Å². The summed E-state index contributed by atoms with van der Waals surface area (Å²) in [5.74, 6) is 1.89. The Hall–Kier alpha value is -2.38. The molecule has 0 unspecified atom stereocenters. The summed E-state index contributed by atoms with van der Waals surface area (Å²) in [5, 5.41) is 3.49. The lowest BCUT2D eigenvalue weighted by Crippen LogP contribution is -2.55. The van der Waals surface area contributed by atoms with E-state index in [9.17, 15) is 4.79 Å². The molecule has 3 rings (SSSR count). The SMILES string of the molecule is CN=C(NCC1(C(=O)N(C)C)CCCC1)N1CCN(c2ncccn2)CC1. The Morgan fingerprint density at radius 1 is 1.19 bits per heavy atom. The maximum absolute atomic E-state index is 12.8. The summed E-state index contributed by atoms with van der Waals surface area (Å²) in [6.45, 7) is 4.07. The van der Waals surface area contributed by atoms with Crippen molar-refractivity contribution in [1.82, 2.24) is 25.1 Å². The largest absolute Gasteiger partial charge is 0.355 e. The molecule has 0 radical (unpaired) electrons. The van der Waals surface area contributed by atoms with Gasteiger partial charge in [0.2, 0.25) is 11.9 Å². The van der Waals surface area contributed by atoms with Crippen LogP contribution in [-0.4, -0.2) is 85.5 Å². The average Bonchev–Trinajstić information content (AvgIpc) is 3.19. The monoisotopic (exact) mass is 373 g/mol. The van der Waals surface area contributed by atoms with E-state index in [0.717, 1.165) is 63.8 Å². The predicted octanol–water partition coefficient (Wildman–Crippen LogP) is 0.823. The lowest BCUT2D eigenvalue weighted by molar-refractivity contribution is -0.138. The molecule has 148 valence electrons. The third-order valence-electron chi connectivity index (χ3n) is 5.63. The minimum Gasteiger partial charge on any atom is -0.355 e. The fourth-order valence-corrected chi connectivity index (χ4v) is 4.15. The molecule has 1 aromatic heterocycles. The number of guanidine groups is 1. The van der Waals surface area contributed by atoms with Gasteiger partial charge in [-0.05, 0) is 18.9 Å². The molecule has 1 saturated carbocycles. The van der Waals surface area contributed by atoms with E-state index >= 15 is 0 Å². The number of hydrogen-bond donors (Lipinski definition) is 1. The summed E-state index contributed by atoms with van der Waals surface area (Å²) < 4.78 is 0. The van der Waals surface area contributed by atoms with Crippen LogP contribution < -0.4 is 10.2 Å². The van der Waals surface area contributed by atoms with Gasteiger partial charge in [0.15, 0.2) is 5.96 Å². The number of amides is 1. The summed E-state index contributed by atoms with van der Waals surface area (Å²) >= 11 is 0. The van der Waals surface area contributed by atoms with Gasteiger partial charge in [0.25, 0.3) is 0 Å². The van der Waals surface area contributed by atoms with Crippen LogP contribution in [0, 0.1) is 5.41 Å². The quantitative estimate of drug-likeness (QED) is 0.622. The Labute approximate surface area is 161 Å². The van der Waals surface area contributed by atoms with E-state index in [1.54, 1.807) is 17.3 Å². The molecule has 0 bridgehead atoms. The van der Waals surface area contributed by atoms with Gasteiger partial charge >= 0.3 is 0 Å². The predicted molar refractivity (Wildman–Crippen MR) is 107 cm³/mol. The zero-order chi connectivity index (χ0) is 19.3. The Kier molecular flexibility index (Phi) is 6.13. The summed E-state index contributed by atoms with van der Waals surface area (Å²) in [6.07, 6.45) is 7.70. The molecule has 8 nitrogen and oxygen atoms in total. The number of hydrogen-bond acceptors (Lipinski definition) is 5. The Morgan fingerprint density at radius 2 is 1.81 bits per heavy atom. The number of piperazine rings is 1. The molecule has 1 aliphatic heterocycles. The molecule has 8 heteroatoms. The minimum absolute atomic E-state index is 0.231. The highest BCUT2D eigenvalue weighted by Gasteiger charge is 2.42. The van der Waals surface area contributed by atoms with Gasteiger partial charge in [0.1, 0.15) is 0 Å². The van der Waals surface area contributed by atoms with Gasteiger partial charge < -0.3 is 20.0 Å². The van der Waals surface area contributed by atoms with Gasteiger partial charge in [-0.3, -0.25) is 9.79 Å². The fraction of sp³-hybridized carbons (Fsp3) is 0.684. The molecule has 1 saturated heterocycles. The summed E-state index contributed by atoms with van der Waals surface area (Å²) in [7, 11) is 5.51. The molecule has 2 fully saturated rings. The molecule has 1 aliphatic carbocycles. The Balaban J connectivity index is 1.57. The average molecular weight is 374 g/mol. The number of rotatable bonds is 4. The van der Waals surface area contributed by atoms with E-state index in [1.165, 1.54) is 0 Å². The molecule has 2 heterocycles. The second-order valence-corrected chi connectivity index (χ2v) is 7.61. The van der Waals surface area contributed by atoms with Gasteiger partial charge in [-0.15, -0.1) is 0 Å². The Morgan fingerprint density at radius 3 is 2.37 bits per heavy atom. The van der Waals surface area contributed by atoms with Gasteiger partial charge in [0, 0.05) is 66.3 Å². The number of carbonyl (C=O) groups excluding carboxylic acids is 1. The fourth-order valence-electron chi connectivity index (χ4n) is 4.15. The van der Waals surface area contributed by atoms with Crippen molar-refractivity contribution in [2.45, 2.75) is 25.7 Å². The highest BCUT2D eigenvalue weighted by Crippen LogP contribution is 2.39. The normalized spacial score (nSPS) is 19.9. The topological polar surface area (TPSA) is 77.0 Å². The maximum atomic E-state index is 12.8.